The van der Waals surface area contributed by atoms with Crippen LogP contribution in [0.25, 0.3) is 0 Å². The Morgan fingerprint density at radius 2 is 1.68 bits per heavy atom. The highest BCUT2D eigenvalue weighted by Gasteiger charge is 2.31. The highest BCUT2D eigenvalue weighted by molar-refractivity contribution is 7.93. The molecule has 0 saturated carbocycles. The fourth-order valence-corrected chi connectivity index (χ4v) is 4.04. The maximum absolute atomic E-state index is 12.3. The molecule has 164 valence electrons. The van der Waals surface area contributed by atoms with Crippen molar-refractivity contribution >= 4 is 38.1 Å². The number of amides is 1. The lowest BCUT2D eigenvalue weighted by Gasteiger charge is -2.10. The molecule has 0 unspecified atom stereocenters. The van der Waals surface area contributed by atoms with Crippen LogP contribution in [-0.4, -0.2) is 32.3 Å². The first-order valence-corrected chi connectivity index (χ1v) is 10.8. The molecule has 13 heteroatoms. The van der Waals surface area contributed by atoms with Gasteiger partial charge in [0.05, 0.1) is 4.90 Å². The normalized spacial score (nSPS) is 11.6. The van der Waals surface area contributed by atoms with Crippen LogP contribution in [0.1, 0.15) is 0 Å². The molecule has 0 spiro atoms. The number of anilines is 2. The Labute approximate surface area is 178 Å². The van der Waals surface area contributed by atoms with E-state index in [1.807, 2.05) is 0 Å². The summed E-state index contributed by atoms with van der Waals surface area (Å²) in [5.74, 6) is -0.796. The number of carbonyl (C=O) groups excluding carboxylic acids is 1. The third-order valence-electron chi connectivity index (χ3n) is 3.53. The number of aromatic nitrogens is 1. The largest absolute Gasteiger partial charge is 0.573 e. The van der Waals surface area contributed by atoms with E-state index < -0.39 is 34.6 Å². The summed E-state index contributed by atoms with van der Waals surface area (Å²) in [6.07, 6.45) is -3.33. The monoisotopic (exact) mass is 473 g/mol. The third-order valence-corrected chi connectivity index (χ3v) is 5.70. The third kappa shape index (κ3) is 6.86. The van der Waals surface area contributed by atoms with E-state index in [1.54, 1.807) is 5.38 Å². The minimum Gasteiger partial charge on any atom is -0.484 e. The summed E-state index contributed by atoms with van der Waals surface area (Å²) in [6.45, 7) is -0.412. The number of alkyl halides is 3. The van der Waals surface area contributed by atoms with Crippen LogP contribution in [0.4, 0.5) is 24.0 Å². The van der Waals surface area contributed by atoms with Crippen molar-refractivity contribution in [2.75, 3.05) is 16.6 Å². The lowest BCUT2D eigenvalue weighted by Crippen LogP contribution is -2.20. The minimum absolute atomic E-state index is 0.0156. The Morgan fingerprint density at radius 1 is 1.03 bits per heavy atom. The molecule has 0 saturated heterocycles. The first kappa shape index (κ1) is 22.4. The number of rotatable bonds is 8. The zero-order valence-electron chi connectivity index (χ0n) is 15.4. The van der Waals surface area contributed by atoms with Gasteiger partial charge in [-0.2, -0.15) is 0 Å². The Morgan fingerprint density at radius 3 is 2.26 bits per heavy atom. The van der Waals surface area contributed by atoms with Gasteiger partial charge < -0.3 is 14.8 Å². The van der Waals surface area contributed by atoms with E-state index in [1.165, 1.54) is 42.6 Å². The molecule has 3 rings (SSSR count). The Balaban J connectivity index is 1.51. The number of thiazole rings is 1. The Bertz CT molecular complexity index is 1120. The molecule has 1 amide bonds. The zero-order valence-corrected chi connectivity index (χ0v) is 17.1. The van der Waals surface area contributed by atoms with Gasteiger partial charge in [-0.05, 0) is 48.5 Å². The number of hydrogen-bond donors (Lipinski definition) is 2. The van der Waals surface area contributed by atoms with Crippen molar-refractivity contribution in [2.24, 2.45) is 0 Å². The zero-order chi connectivity index (χ0) is 22.5. The van der Waals surface area contributed by atoms with Crippen LogP contribution in [0.5, 0.6) is 11.5 Å². The van der Waals surface area contributed by atoms with Gasteiger partial charge in [0.2, 0.25) is 0 Å². The molecule has 1 aromatic heterocycles. The first-order valence-electron chi connectivity index (χ1n) is 8.41. The fraction of sp³-hybridized carbons (Fsp3) is 0.111. The molecule has 0 aliphatic carbocycles. The minimum atomic E-state index is -4.80. The van der Waals surface area contributed by atoms with Gasteiger partial charge in [-0.25, -0.2) is 13.4 Å². The van der Waals surface area contributed by atoms with Crippen molar-refractivity contribution in [2.45, 2.75) is 11.3 Å². The highest BCUT2D eigenvalue weighted by Crippen LogP contribution is 2.25. The van der Waals surface area contributed by atoms with Crippen molar-refractivity contribution in [3.8, 4) is 11.5 Å². The SMILES string of the molecule is O=C(COc1ccc(OC(F)(F)F)cc1)Nc1ccc(S(=O)(=O)Nc2nccs2)cc1. The Hall–Kier alpha value is -3.32. The topological polar surface area (TPSA) is 107 Å². The number of hydrogen-bond acceptors (Lipinski definition) is 7. The average Bonchev–Trinajstić information content (AvgIpc) is 3.19. The number of carbonyl (C=O) groups is 1. The van der Waals surface area contributed by atoms with E-state index in [0.717, 1.165) is 23.5 Å². The van der Waals surface area contributed by atoms with Crippen LogP contribution in [-0.2, 0) is 14.8 Å². The second-order valence-electron chi connectivity index (χ2n) is 5.82. The van der Waals surface area contributed by atoms with Crippen molar-refractivity contribution < 1.29 is 35.9 Å². The van der Waals surface area contributed by atoms with Crippen LogP contribution in [0, 0.1) is 0 Å². The quantitative estimate of drug-likeness (QED) is 0.515. The standard InChI is InChI=1S/C18H14F3N3O5S2/c19-18(20,21)29-14-5-3-13(4-6-14)28-11-16(25)23-12-1-7-15(8-2-12)31(26,27)24-17-22-9-10-30-17/h1-10H,11H2,(H,22,24)(H,23,25). The molecule has 0 fully saturated rings. The van der Waals surface area contributed by atoms with Gasteiger partial charge in [-0.1, -0.05) is 0 Å². The second-order valence-corrected chi connectivity index (χ2v) is 8.40. The average molecular weight is 473 g/mol. The van der Waals surface area contributed by atoms with Crippen molar-refractivity contribution in [1.29, 1.82) is 0 Å². The van der Waals surface area contributed by atoms with E-state index in [0.29, 0.717) is 5.69 Å². The van der Waals surface area contributed by atoms with Gasteiger partial charge in [0, 0.05) is 17.3 Å². The van der Waals surface area contributed by atoms with E-state index in [-0.39, 0.29) is 15.8 Å². The number of halogens is 3. The summed E-state index contributed by atoms with van der Waals surface area (Å²) < 4.78 is 72.2. The highest BCUT2D eigenvalue weighted by atomic mass is 32.2. The van der Waals surface area contributed by atoms with Crippen LogP contribution >= 0.6 is 11.3 Å². The number of ether oxygens (including phenoxy) is 2. The molecule has 8 nitrogen and oxygen atoms in total. The summed E-state index contributed by atoms with van der Waals surface area (Å²) in [4.78, 5) is 15.8. The van der Waals surface area contributed by atoms with E-state index in [4.69, 9.17) is 4.74 Å². The van der Waals surface area contributed by atoms with E-state index >= 15 is 0 Å². The lowest BCUT2D eigenvalue weighted by atomic mass is 10.3. The Kier molecular flexibility index (Phi) is 6.65. The summed E-state index contributed by atoms with van der Waals surface area (Å²) in [5, 5.41) is 4.37. The van der Waals surface area contributed by atoms with Crippen molar-refractivity contribution in [3.05, 3.63) is 60.1 Å². The lowest BCUT2D eigenvalue weighted by molar-refractivity contribution is -0.274. The molecule has 0 radical (unpaired) electrons. The van der Waals surface area contributed by atoms with E-state index in [2.05, 4.69) is 19.8 Å². The van der Waals surface area contributed by atoms with Gasteiger partial charge >= 0.3 is 6.36 Å². The molecule has 2 N–H and O–H groups in total. The molecule has 0 aliphatic heterocycles. The predicted octanol–water partition coefficient (Wildman–Crippen LogP) is 3.86. The molecule has 3 aromatic rings. The molecule has 0 atom stereocenters. The molecule has 1 heterocycles. The van der Waals surface area contributed by atoms with Crippen LogP contribution < -0.4 is 19.5 Å². The van der Waals surface area contributed by atoms with Gasteiger partial charge in [-0.15, -0.1) is 24.5 Å². The number of sulfonamides is 1. The fourth-order valence-electron chi connectivity index (χ4n) is 2.25. The maximum atomic E-state index is 12.3. The van der Waals surface area contributed by atoms with Crippen LogP contribution in [0.15, 0.2) is 65.0 Å². The van der Waals surface area contributed by atoms with Crippen LogP contribution in [0.2, 0.25) is 0 Å². The molecule has 0 bridgehead atoms. The summed E-state index contributed by atoms with van der Waals surface area (Å²) in [7, 11) is -3.81. The van der Waals surface area contributed by atoms with Crippen molar-refractivity contribution in [3.63, 3.8) is 0 Å². The van der Waals surface area contributed by atoms with Gasteiger partial charge in [0.15, 0.2) is 11.7 Å². The molecule has 0 aliphatic rings. The predicted molar refractivity (Wildman–Crippen MR) is 107 cm³/mol. The number of benzene rings is 2. The maximum Gasteiger partial charge on any atom is 0.573 e. The summed E-state index contributed by atoms with van der Waals surface area (Å²) in [6, 6.07) is 9.99. The van der Waals surface area contributed by atoms with Crippen LogP contribution in [0.3, 0.4) is 0 Å². The van der Waals surface area contributed by atoms with Gasteiger partial charge in [0.25, 0.3) is 15.9 Å². The first-order chi connectivity index (χ1) is 14.6. The van der Waals surface area contributed by atoms with Gasteiger partial charge in [-0.3, -0.25) is 9.52 Å². The summed E-state index contributed by atoms with van der Waals surface area (Å²) >= 11 is 1.13. The molecule has 2 aromatic carbocycles. The van der Waals surface area contributed by atoms with Crippen molar-refractivity contribution in [1.82, 2.24) is 4.98 Å². The number of nitrogens with zero attached hydrogens (tertiary/aromatic N) is 1. The smallest absolute Gasteiger partial charge is 0.484 e. The second kappa shape index (κ2) is 9.22. The molecular weight excluding hydrogens is 459 g/mol. The molecular formula is C18H14F3N3O5S2. The summed E-state index contributed by atoms with van der Waals surface area (Å²) in [5.41, 5.74) is 0.329. The van der Waals surface area contributed by atoms with E-state index in [9.17, 15) is 26.4 Å². The van der Waals surface area contributed by atoms with Gasteiger partial charge in [0.1, 0.15) is 11.5 Å². The number of nitrogens with one attached hydrogen (secondary N) is 2. The molecule has 31 heavy (non-hydrogen) atoms.